The Bertz CT molecular complexity index is 1270. The van der Waals surface area contributed by atoms with Crippen molar-refractivity contribution < 1.29 is 23.4 Å². The van der Waals surface area contributed by atoms with Crippen LogP contribution in [0, 0.1) is 0 Å². The first-order chi connectivity index (χ1) is 15.3. The maximum Gasteiger partial charge on any atom is 0.416 e. The Hall–Kier alpha value is -3.34. The summed E-state index contributed by atoms with van der Waals surface area (Å²) >= 11 is 6.29. The lowest BCUT2D eigenvalue weighted by Crippen LogP contribution is -2.05. The Morgan fingerprint density at radius 1 is 1.00 bits per heavy atom. The average molecular weight is 462 g/mol. The van der Waals surface area contributed by atoms with Gasteiger partial charge in [-0.15, -0.1) is 0 Å². The van der Waals surface area contributed by atoms with Crippen molar-refractivity contribution in [2.45, 2.75) is 12.3 Å². The molecule has 0 spiro atoms. The quantitative estimate of drug-likeness (QED) is 0.401. The predicted octanol–water partition coefficient (Wildman–Crippen LogP) is 4.53. The number of alkyl halides is 3. The number of nitrogens with zero attached hydrogens (tertiary/aromatic N) is 4. The summed E-state index contributed by atoms with van der Waals surface area (Å²) < 4.78 is 38.3. The molecule has 3 aromatic heterocycles. The highest BCUT2D eigenvalue weighted by Crippen LogP contribution is 2.32. The number of benzene rings is 1. The average Bonchev–Trinajstić information content (AvgIpc) is 2.78. The van der Waals surface area contributed by atoms with Gasteiger partial charge in [-0.05, 0) is 36.4 Å². The second-order valence-corrected chi connectivity index (χ2v) is 7.22. The van der Waals surface area contributed by atoms with Gasteiger partial charge in [-0.2, -0.15) is 13.2 Å². The van der Waals surface area contributed by atoms with Crippen LogP contribution in [0.2, 0.25) is 5.02 Å². The Balaban J connectivity index is 1.64. The molecule has 1 aromatic carbocycles. The number of rotatable bonds is 5. The highest BCUT2D eigenvalue weighted by atomic mass is 35.5. The van der Waals surface area contributed by atoms with Gasteiger partial charge in [0.2, 0.25) is 0 Å². The van der Waals surface area contributed by atoms with Crippen molar-refractivity contribution in [1.29, 1.82) is 0 Å². The molecule has 4 aromatic rings. The molecular weight excluding hydrogens is 447 g/mol. The van der Waals surface area contributed by atoms with Crippen molar-refractivity contribution in [3.05, 3.63) is 71.3 Å². The fraction of sp³-hybridized carbons (Fsp3) is 0.143. The van der Waals surface area contributed by atoms with E-state index in [0.29, 0.717) is 39.4 Å². The summed E-state index contributed by atoms with van der Waals surface area (Å²) in [4.78, 5) is 17.0. The van der Waals surface area contributed by atoms with Crippen LogP contribution >= 0.6 is 11.6 Å². The van der Waals surface area contributed by atoms with Crippen LogP contribution in [0.3, 0.4) is 0 Å². The zero-order chi connectivity index (χ0) is 22.9. The molecule has 3 heterocycles. The van der Waals surface area contributed by atoms with E-state index < -0.39 is 24.5 Å². The molecule has 0 saturated heterocycles. The fourth-order valence-corrected chi connectivity index (χ4v) is 3.28. The molecule has 0 unspecified atom stereocenters. The minimum absolute atomic E-state index is 0.258. The van der Waals surface area contributed by atoms with Gasteiger partial charge in [0.1, 0.15) is 17.9 Å². The van der Waals surface area contributed by atoms with E-state index in [2.05, 4.69) is 25.3 Å². The summed E-state index contributed by atoms with van der Waals surface area (Å²) in [6, 6.07) is 7.75. The molecular formula is C21H15ClF3N5O2. The summed E-state index contributed by atoms with van der Waals surface area (Å²) in [7, 11) is 0. The molecule has 0 fully saturated rings. The van der Waals surface area contributed by atoms with E-state index >= 15 is 0 Å². The Morgan fingerprint density at radius 2 is 1.75 bits per heavy atom. The van der Waals surface area contributed by atoms with Crippen LogP contribution in [0.25, 0.3) is 22.3 Å². The number of hydrogen-bond donors (Lipinski definition) is 3. The molecule has 0 aliphatic rings. The Labute approximate surface area is 184 Å². The number of aliphatic hydroxyl groups is 2. The molecule has 32 heavy (non-hydrogen) atoms. The summed E-state index contributed by atoms with van der Waals surface area (Å²) in [5.74, 6) is 0.321. The Kier molecular flexibility index (Phi) is 5.92. The first-order valence-electron chi connectivity index (χ1n) is 9.26. The number of pyridine rings is 2. The lowest BCUT2D eigenvalue weighted by Gasteiger charge is -2.12. The minimum Gasteiger partial charge on any atom is -0.393 e. The molecule has 4 rings (SSSR count). The SMILES string of the molecule is OC[C@@H](O)c1cnc(-c2cnc3c(Nc4ccc(C(F)(F)F)cc4)ncnc3c2)c(Cl)c1. The van der Waals surface area contributed by atoms with E-state index in [0.717, 1.165) is 12.1 Å². The van der Waals surface area contributed by atoms with Crippen molar-refractivity contribution in [1.82, 2.24) is 19.9 Å². The molecule has 0 radical (unpaired) electrons. The van der Waals surface area contributed by atoms with Gasteiger partial charge in [0.05, 0.1) is 28.4 Å². The van der Waals surface area contributed by atoms with Crippen molar-refractivity contribution in [2.24, 2.45) is 0 Å². The van der Waals surface area contributed by atoms with E-state index in [1.807, 2.05) is 0 Å². The largest absolute Gasteiger partial charge is 0.416 e. The summed E-state index contributed by atoms with van der Waals surface area (Å²) in [5.41, 5.74) is 1.87. The first kappa shape index (κ1) is 21.9. The fourth-order valence-electron chi connectivity index (χ4n) is 3.00. The second-order valence-electron chi connectivity index (χ2n) is 6.81. The third kappa shape index (κ3) is 4.47. The van der Waals surface area contributed by atoms with E-state index in [1.54, 1.807) is 6.07 Å². The topological polar surface area (TPSA) is 104 Å². The van der Waals surface area contributed by atoms with Crippen LogP contribution in [0.1, 0.15) is 17.2 Å². The molecule has 0 aliphatic carbocycles. The molecule has 0 bridgehead atoms. The van der Waals surface area contributed by atoms with Gasteiger partial charge in [-0.3, -0.25) is 4.98 Å². The maximum atomic E-state index is 12.8. The van der Waals surface area contributed by atoms with Gasteiger partial charge in [-0.25, -0.2) is 15.0 Å². The van der Waals surface area contributed by atoms with Gasteiger partial charge >= 0.3 is 6.18 Å². The number of anilines is 2. The smallest absolute Gasteiger partial charge is 0.393 e. The highest BCUT2D eigenvalue weighted by Gasteiger charge is 2.30. The third-order valence-electron chi connectivity index (χ3n) is 4.64. The normalized spacial score (nSPS) is 12.7. The van der Waals surface area contributed by atoms with E-state index in [-0.39, 0.29) is 5.02 Å². The molecule has 0 saturated carbocycles. The van der Waals surface area contributed by atoms with Gasteiger partial charge in [0.15, 0.2) is 5.82 Å². The van der Waals surface area contributed by atoms with Crippen LogP contribution in [0.4, 0.5) is 24.7 Å². The van der Waals surface area contributed by atoms with Crippen LogP contribution in [0.15, 0.2) is 55.1 Å². The molecule has 0 aliphatic heterocycles. The van der Waals surface area contributed by atoms with E-state index in [1.165, 1.54) is 36.9 Å². The lowest BCUT2D eigenvalue weighted by molar-refractivity contribution is -0.137. The lowest BCUT2D eigenvalue weighted by atomic mass is 10.1. The van der Waals surface area contributed by atoms with Gasteiger partial charge in [-0.1, -0.05) is 11.6 Å². The van der Waals surface area contributed by atoms with E-state index in [9.17, 15) is 18.3 Å². The standard InChI is InChI=1S/C21H15ClF3N5O2/c22-15-5-11(17(32)9-31)7-26-18(15)12-6-16-19(27-8-12)20(29-10-28-16)30-14-3-1-13(2-4-14)21(23,24)25/h1-8,10,17,31-32H,9H2,(H,28,29,30)/t17-/m1/s1. The van der Waals surface area contributed by atoms with Crippen molar-refractivity contribution in [3.8, 4) is 11.3 Å². The number of aromatic nitrogens is 4. The van der Waals surface area contributed by atoms with Gasteiger partial charge in [0, 0.05) is 29.2 Å². The number of fused-ring (bicyclic) bond motifs is 1. The molecule has 1 atom stereocenters. The monoisotopic (exact) mass is 461 g/mol. The summed E-state index contributed by atoms with van der Waals surface area (Å²) in [6.07, 6.45) is -1.28. The van der Waals surface area contributed by atoms with Gasteiger partial charge < -0.3 is 15.5 Å². The van der Waals surface area contributed by atoms with Crippen LogP contribution < -0.4 is 5.32 Å². The summed E-state index contributed by atoms with van der Waals surface area (Å²) in [5, 5.41) is 22.0. The molecule has 7 nitrogen and oxygen atoms in total. The van der Waals surface area contributed by atoms with Gasteiger partial charge in [0.25, 0.3) is 0 Å². The molecule has 164 valence electrons. The number of hydrogen-bond acceptors (Lipinski definition) is 7. The highest BCUT2D eigenvalue weighted by molar-refractivity contribution is 6.33. The zero-order valence-electron chi connectivity index (χ0n) is 16.2. The van der Waals surface area contributed by atoms with Crippen LogP contribution in [-0.2, 0) is 6.18 Å². The number of aliphatic hydroxyl groups excluding tert-OH is 2. The van der Waals surface area contributed by atoms with Crippen LogP contribution in [0.5, 0.6) is 0 Å². The second kappa shape index (κ2) is 8.65. The number of halogens is 4. The summed E-state index contributed by atoms with van der Waals surface area (Å²) in [6.45, 7) is -0.458. The molecule has 11 heteroatoms. The van der Waals surface area contributed by atoms with Crippen molar-refractivity contribution >= 4 is 34.1 Å². The Morgan fingerprint density at radius 3 is 2.41 bits per heavy atom. The van der Waals surface area contributed by atoms with Crippen molar-refractivity contribution in [3.63, 3.8) is 0 Å². The number of nitrogens with one attached hydrogen (secondary N) is 1. The van der Waals surface area contributed by atoms with E-state index in [4.69, 9.17) is 16.7 Å². The molecule has 3 N–H and O–H groups in total. The van der Waals surface area contributed by atoms with Crippen LogP contribution in [-0.4, -0.2) is 36.8 Å². The minimum atomic E-state index is -4.41. The predicted molar refractivity (Wildman–Crippen MR) is 112 cm³/mol. The molecule has 0 amide bonds. The maximum absolute atomic E-state index is 12.8. The zero-order valence-corrected chi connectivity index (χ0v) is 16.9. The first-order valence-corrected chi connectivity index (χ1v) is 9.64. The van der Waals surface area contributed by atoms with Crippen molar-refractivity contribution in [2.75, 3.05) is 11.9 Å². The third-order valence-corrected chi connectivity index (χ3v) is 4.93.